The van der Waals surface area contributed by atoms with Crippen molar-refractivity contribution in [1.29, 1.82) is 0 Å². The lowest BCUT2D eigenvalue weighted by molar-refractivity contribution is 0.113. The summed E-state index contributed by atoms with van der Waals surface area (Å²) in [5.74, 6) is 1.68. The van der Waals surface area contributed by atoms with E-state index in [1.165, 1.54) is 4.88 Å². The fourth-order valence-electron chi connectivity index (χ4n) is 2.77. The third kappa shape index (κ3) is 6.04. The smallest absolute Gasteiger partial charge is 0.180 e. The lowest BCUT2D eigenvalue weighted by Gasteiger charge is -2.34. The van der Waals surface area contributed by atoms with E-state index in [4.69, 9.17) is 15.2 Å². The highest BCUT2D eigenvalue weighted by Crippen LogP contribution is 2.19. The van der Waals surface area contributed by atoms with Crippen molar-refractivity contribution in [3.63, 3.8) is 0 Å². The van der Waals surface area contributed by atoms with Crippen LogP contribution >= 0.6 is 23.7 Å². The van der Waals surface area contributed by atoms with Crippen LogP contribution in [0, 0.1) is 0 Å². The molecule has 6 nitrogen and oxygen atoms in total. The van der Waals surface area contributed by atoms with Crippen LogP contribution in [0.2, 0.25) is 0 Å². The zero-order valence-corrected chi connectivity index (χ0v) is 16.0. The number of anilines is 1. The van der Waals surface area contributed by atoms with Crippen LogP contribution in [-0.4, -0.2) is 61.2 Å². The van der Waals surface area contributed by atoms with E-state index in [0.29, 0.717) is 11.7 Å². The van der Waals surface area contributed by atoms with Crippen LogP contribution in [-0.2, 0) is 6.54 Å². The summed E-state index contributed by atoms with van der Waals surface area (Å²) >= 11 is 1.58. The number of nitrogen functional groups attached to an aromatic ring is 1. The Kier molecular flexibility index (Phi) is 7.77. The lowest BCUT2D eigenvalue weighted by Crippen LogP contribution is -2.46. The third-order valence-electron chi connectivity index (χ3n) is 4.13. The van der Waals surface area contributed by atoms with Crippen molar-refractivity contribution in [2.45, 2.75) is 6.54 Å². The highest BCUT2D eigenvalue weighted by Gasteiger charge is 2.17. The Morgan fingerprint density at radius 3 is 2.56 bits per heavy atom. The molecule has 138 valence electrons. The molecule has 0 atom stereocenters. The number of benzene rings is 1. The lowest BCUT2D eigenvalue weighted by atomic mass is 10.3. The number of nitrogens with zero attached hydrogens (tertiary/aromatic N) is 3. The van der Waals surface area contributed by atoms with Gasteiger partial charge in [-0.2, -0.15) is 0 Å². The van der Waals surface area contributed by atoms with Gasteiger partial charge in [-0.15, -0.1) is 23.7 Å². The Labute approximate surface area is 159 Å². The Hall–Kier alpha value is -1.54. The predicted molar refractivity (Wildman–Crippen MR) is 104 cm³/mol. The van der Waals surface area contributed by atoms with Crippen molar-refractivity contribution in [1.82, 2.24) is 14.8 Å². The van der Waals surface area contributed by atoms with E-state index in [9.17, 15) is 0 Å². The first-order chi connectivity index (χ1) is 11.7. The number of hydrogen-bond donors (Lipinski definition) is 1. The summed E-state index contributed by atoms with van der Waals surface area (Å²) in [5, 5.41) is 0.651. The van der Waals surface area contributed by atoms with Crippen molar-refractivity contribution < 1.29 is 9.47 Å². The minimum Gasteiger partial charge on any atom is -0.497 e. The van der Waals surface area contributed by atoms with Crippen molar-refractivity contribution in [3.8, 4) is 11.5 Å². The maximum Gasteiger partial charge on any atom is 0.180 e. The van der Waals surface area contributed by atoms with Gasteiger partial charge >= 0.3 is 0 Å². The first-order valence-electron chi connectivity index (χ1n) is 8.14. The number of aromatic nitrogens is 1. The number of ether oxygens (including phenoxy) is 2. The maximum absolute atomic E-state index is 5.82. The number of methoxy groups -OCH3 is 1. The van der Waals surface area contributed by atoms with Gasteiger partial charge < -0.3 is 15.2 Å². The number of rotatable bonds is 7. The molecule has 0 unspecified atom stereocenters. The Morgan fingerprint density at radius 1 is 1.16 bits per heavy atom. The Morgan fingerprint density at radius 2 is 1.88 bits per heavy atom. The molecule has 1 aliphatic heterocycles. The van der Waals surface area contributed by atoms with Crippen molar-refractivity contribution in [2.75, 3.05) is 52.2 Å². The number of halogens is 1. The Balaban J connectivity index is 0.00000225. The molecule has 0 saturated carbocycles. The van der Waals surface area contributed by atoms with Gasteiger partial charge in [-0.1, -0.05) is 6.07 Å². The average molecular weight is 385 g/mol. The molecule has 1 fully saturated rings. The molecule has 8 heteroatoms. The minimum atomic E-state index is 0. The quantitative estimate of drug-likeness (QED) is 0.790. The molecule has 2 N–H and O–H groups in total. The van der Waals surface area contributed by atoms with Crippen molar-refractivity contribution in [2.24, 2.45) is 0 Å². The summed E-state index contributed by atoms with van der Waals surface area (Å²) in [4.78, 5) is 10.2. The van der Waals surface area contributed by atoms with Crippen LogP contribution in [0.15, 0.2) is 30.5 Å². The van der Waals surface area contributed by atoms with Gasteiger partial charge in [-0.3, -0.25) is 9.80 Å². The molecule has 1 aliphatic rings. The van der Waals surface area contributed by atoms with Gasteiger partial charge in [-0.05, 0) is 12.1 Å². The van der Waals surface area contributed by atoms with Gasteiger partial charge in [-0.25, -0.2) is 4.98 Å². The normalized spacial score (nSPS) is 15.6. The van der Waals surface area contributed by atoms with E-state index in [1.807, 2.05) is 30.5 Å². The van der Waals surface area contributed by atoms with E-state index in [-0.39, 0.29) is 12.4 Å². The molecule has 1 aromatic carbocycles. The summed E-state index contributed by atoms with van der Waals surface area (Å²) in [6.07, 6.45) is 1.88. The molecule has 1 saturated heterocycles. The molecule has 0 radical (unpaired) electrons. The van der Waals surface area contributed by atoms with Crippen LogP contribution in [0.3, 0.4) is 0 Å². The second-order valence-electron chi connectivity index (χ2n) is 5.81. The SMILES string of the molecule is COc1cccc(OCCN2CCN(Cc3cnc(N)s3)CC2)c1.Cl. The second kappa shape index (κ2) is 9.82. The molecule has 0 bridgehead atoms. The summed E-state index contributed by atoms with van der Waals surface area (Å²) in [5.41, 5.74) is 5.69. The van der Waals surface area contributed by atoms with Crippen LogP contribution in [0.25, 0.3) is 0 Å². The zero-order valence-electron chi connectivity index (χ0n) is 14.4. The molecule has 2 aromatic rings. The molecular weight excluding hydrogens is 360 g/mol. The highest BCUT2D eigenvalue weighted by molar-refractivity contribution is 7.15. The number of hydrogen-bond acceptors (Lipinski definition) is 7. The van der Waals surface area contributed by atoms with Gasteiger partial charge in [0.15, 0.2) is 5.13 Å². The van der Waals surface area contributed by atoms with Crippen LogP contribution < -0.4 is 15.2 Å². The Bertz CT molecular complexity index is 647. The van der Waals surface area contributed by atoms with E-state index in [2.05, 4.69) is 14.8 Å². The standard InChI is InChI=1S/C17H24N4O2S.ClH/c1-22-14-3-2-4-15(11-14)23-10-9-20-5-7-21(8-6-20)13-16-12-19-17(18)24-16;/h2-4,11-12H,5-10,13H2,1H3,(H2,18,19);1H. The third-order valence-corrected chi connectivity index (χ3v) is 4.94. The number of piperazine rings is 1. The number of thiazole rings is 1. The van der Waals surface area contributed by atoms with Gasteiger partial charge in [0.05, 0.1) is 7.11 Å². The summed E-state index contributed by atoms with van der Waals surface area (Å²) < 4.78 is 11.0. The van der Waals surface area contributed by atoms with Gasteiger partial charge in [0.25, 0.3) is 0 Å². The topological polar surface area (TPSA) is 63.9 Å². The highest BCUT2D eigenvalue weighted by atomic mass is 35.5. The van der Waals surface area contributed by atoms with Crippen LogP contribution in [0.1, 0.15) is 4.88 Å². The molecule has 0 amide bonds. The van der Waals surface area contributed by atoms with E-state index in [0.717, 1.165) is 50.8 Å². The number of nitrogens with two attached hydrogens (primary N) is 1. The van der Waals surface area contributed by atoms with Gasteiger partial charge in [0.1, 0.15) is 18.1 Å². The predicted octanol–water partition coefficient (Wildman–Crippen LogP) is 2.35. The summed E-state index contributed by atoms with van der Waals surface area (Å²) in [7, 11) is 1.67. The monoisotopic (exact) mass is 384 g/mol. The summed E-state index contributed by atoms with van der Waals surface area (Å²) in [6.45, 7) is 6.85. The molecular formula is C17H25ClN4O2S. The van der Waals surface area contributed by atoms with Crippen LogP contribution in [0.4, 0.5) is 5.13 Å². The first kappa shape index (κ1) is 19.8. The van der Waals surface area contributed by atoms with E-state index < -0.39 is 0 Å². The van der Waals surface area contributed by atoms with Crippen molar-refractivity contribution >= 4 is 28.9 Å². The average Bonchev–Trinajstić information content (AvgIpc) is 3.01. The first-order valence-corrected chi connectivity index (χ1v) is 8.96. The molecule has 0 spiro atoms. The van der Waals surface area contributed by atoms with Gasteiger partial charge in [0, 0.05) is 56.4 Å². The molecule has 2 heterocycles. The fraction of sp³-hybridized carbons (Fsp3) is 0.471. The van der Waals surface area contributed by atoms with Gasteiger partial charge in [0.2, 0.25) is 0 Å². The van der Waals surface area contributed by atoms with E-state index in [1.54, 1.807) is 18.4 Å². The molecule has 3 rings (SSSR count). The van der Waals surface area contributed by atoms with E-state index >= 15 is 0 Å². The summed E-state index contributed by atoms with van der Waals surface area (Å²) in [6, 6.07) is 7.74. The minimum absolute atomic E-state index is 0. The molecule has 1 aromatic heterocycles. The molecule has 0 aliphatic carbocycles. The zero-order chi connectivity index (χ0) is 16.8. The fourth-order valence-corrected chi connectivity index (χ4v) is 3.50. The second-order valence-corrected chi connectivity index (χ2v) is 6.96. The van der Waals surface area contributed by atoms with Crippen LogP contribution in [0.5, 0.6) is 11.5 Å². The van der Waals surface area contributed by atoms with Crippen molar-refractivity contribution in [3.05, 3.63) is 35.3 Å². The largest absolute Gasteiger partial charge is 0.497 e. The molecule has 25 heavy (non-hydrogen) atoms. The maximum atomic E-state index is 5.82.